The van der Waals surface area contributed by atoms with Gasteiger partial charge in [0.05, 0.1) is 5.75 Å². The van der Waals surface area contributed by atoms with Gasteiger partial charge in [-0.05, 0) is 49.4 Å². The van der Waals surface area contributed by atoms with E-state index >= 15 is 0 Å². The molecule has 26 heavy (non-hydrogen) atoms. The predicted molar refractivity (Wildman–Crippen MR) is 102 cm³/mol. The summed E-state index contributed by atoms with van der Waals surface area (Å²) in [6.45, 7) is 1.99. The molecular weight excluding hydrogens is 376 g/mol. The third-order valence-corrected chi connectivity index (χ3v) is 5.24. The van der Waals surface area contributed by atoms with Crippen molar-refractivity contribution >= 4 is 27.5 Å². The summed E-state index contributed by atoms with van der Waals surface area (Å²) in [5.74, 6) is 0.233. The molecule has 140 valence electrons. The van der Waals surface area contributed by atoms with Crippen LogP contribution >= 0.6 is 11.6 Å². The molecule has 2 rings (SSSR count). The highest BCUT2D eigenvalue weighted by molar-refractivity contribution is 7.88. The van der Waals surface area contributed by atoms with Crippen LogP contribution in [0.5, 0.6) is 5.75 Å². The molecule has 0 unspecified atom stereocenters. The van der Waals surface area contributed by atoms with Crippen LogP contribution in [0.25, 0.3) is 0 Å². The Balaban J connectivity index is 1.85. The van der Waals surface area contributed by atoms with E-state index in [-0.39, 0.29) is 11.7 Å². The summed E-state index contributed by atoms with van der Waals surface area (Å²) >= 11 is 5.81. The lowest BCUT2D eigenvalue weighted by atomic mass is 10.1. The van der Waals surface area contributed by atoms with Crippen LogP contribution in [-0.4, -0.2) is 27.5 Å². The molecule has 0 spiro atoms. The zero-order chi connectivity index (χ0) is 19.2. The summed E-state index contributed by atoms with van der Waals surface area (Å²) in [6.07, 6.45) is -0.656. The first-order chi connectivity index (χ1) is 12.3. The molecule has 0 aliphatic rings. The highest BCUT2D eigenvalue weighted by Crippen LogP contribution is 2.17. The van der Waals surface area contributed by atoms with Gasteiger partial charge in [-0.3, -0.25) is 4.79 Å². The van der Waals surface area contributed by atoms with E-state index < -0.39 is 16.1 Å². The summed E-state index contributed by atoms with van der Waals surface area (Å²) < 4.78 is 30.9. The molecule has 0 radical (unpaired) electrons. The third-order valence-electron chi connectivity index (χ3n) is 3.65. The second kappa shape index (κ2) is 9.02. The first-order valence-electron chi connectivity index (χ1n) is 7.98. The molecule has 0 aliphatic carbocycles. The zero-order valence-corrected chi connectivity index (χ0v) is 16.1. The van der Waals surface area contributed by atoms with Crippen molar-refractivity contribution in [2.24, 2.45) is 0 Å². The Labute approximate surface area is 158 Å². The van der Waals surface area contributed by atoms with Gasteiger partial charge in [-0.1, -0.05) is 35.9 Å². The molecule has 2 aromatic rings. The summed E-state index contributed by atoms with van der Waals surface area (Å²) in [6, 6.07) is 13.8. The Morgan fingerprint density at radius 1 is 1.08 bits per heavy atom. The molecular formula is C18H21ClN2O4S. The first-order valence-corrected chi connectivity index (χ1v) is 10.0. The second-order valence-corrected chi connectivity index (χ2v) is 8.07. The van der Waals surface area contributed by atoms with Gasteiger partial charge >= 0.3 is 0 Å². The topological polar surface area (TPSA) is 84.5 Å². The number of nitrogens with one attached hydrogen (secondary N) is 2. The molecule has 1 amide bonds. The smallest absolute Gasteiger partial charge is 0.261 e. The number of amides is 1. The second-order valence-electron chi connectivity index (χ2n) is 5.71. The Hall–Kier alpha value is -2.09. The maximum absolute atomic E-state index is 12.1. The number of rotatable bonds is 8. The quantitative estimate of drug-likeness (QED) is 0.717. The van der Waals surface area contributed by atoms with E-state index in [9.17, 15) is 13.2 Å². The zero-order valence-electron chi connectivity index (χ0n) is 14.5. The molecule has 2 N–H and O–H groups in total. The van der Waals surface area contributed by atoms with Crippen molar-refractivity contribution in [1.29, 1.82) is 0 Å². The number of ether oxygens (including phenoxy) is 1. The number of carbonyl (C=O) groups excluding carboxylic acids is 1. The fourth-order valence-electron chi connectivity index (χ4n) is 2.15. The standard InChI is InChI=1S/C18H21ClN2O4S/c1-13(25-17-9-7-16(19)8-10-17)18(22)21-11-14-3-5-15(6-4-14)12-26(23,24)20-2/h3-10,13,20H,11-12H2,1-2H3,(H,21,22)/t13-/m1/s1. The van der Waals surface area contributed by atoms with Gasteiger partial charge in [0.15, 0.2) is 6.10 Å². The number of halogens is 1. The molecule has 0 aliphatic heterocycles. The number of sulfonamides is 1. The Kier molecular flexibility index (Phi) is 7.02. The molecule has 0 fully saturated rings. The van der Waals surface area contributed by atoms with Crippen molar-refractivity contribution in [3.05, 3.63) is 64.7 Å². The number of benzene rings is 2. The molecule has 8 heteroatoms. The van der Waals surface area contributed by atoms with Crippen molar-refractivity contribution < 1.29 is 17.9 Å². The van der Waals surface area contributed by atoms with E-state index in [2.05, 4.69) is 10.0 Å². The predicted octanol–water partition coefficient (Wildman–Crippen LogP) is 2.47. The van der Waals surface area contributed by atoms with Crippen LogP contribution in [-0.2, 0) is 27.1 Å². The van der Waals surface area contributed by atoms with E-state index in [4.69, 9.17) is 16.3 Å². The molecule has 0 aromatic heterocycles. The van der Waals surface area contributed by atoms with Gasteiger partial charge in [-0.15, -0.1) is 0 Å². The van der Waals surface area contributed by atoms with Gasteiger partial charge < -0.3 is 10.1 Å². The van der Waals surface area contributed by atoms with E-state index in [0.29, 0.717) is 22.9 Å². The maximum atomic E-state index is 12.1. The Morgan fingerprint density at radius 3 is 2.23 bits per heavy atom. The van der Waals surface area contributed by atoms with Crippen LogP contribution in [0.4, 0.5) is 0 Å². The lowest BCUT2D eigenvalue weighted by Gasteiger charge is -2.15. The van der Waals surface area contributed by atoms with Gasteiger partial charge in [-0.2, -0.15) is 0 Å². The van der Waals surface area contributed by atoms with Crippen LogP contribution in [0, 0.1) is 0 Å². The maximum Gasteiger partial charge on any atom is 0.261 e. The minimum atomic E-state index is -3.30. The third kappa shape index (κ3) is 6.33. The highest BCUT2D eigenvalue weighted by atomic mass is 35.5. The number of hydrogen-bond acceptors (Lipinski definition) is 4. The largest absolute Gasteiger partial charge is 0.481 e. The van der Waals surface area contributed by atoms with Gasteiger partial charge in [0.2, 0.25) is 10.0 Å². The highest BCUT2D eigenvalue weighted by Gasteiger charge is 2.14. The molecule has 0 heterocycles. The van der Waals surface area contributed by atoms with Crippen LogP contribution in [0.1, 0.15) is 18.1 Å². The monoisotopic (exact) mass is 396 g/mol. The minimum absolute atomic E-state index is 0.0812. The molecule has 0 saturated carbocycles. The minimum Gasteiger partial charge on any atom is -0.481 e. The number of carbonyl (C=O) groups is 1. The van der Waals surface area contributed by atoms with Gasteiger partial charge in [0.25, 0.3) is 5.91 Å². The Bertz CT molecular complexity index is 836. The normalized spacial score (nSPS) is 12.4. The average Bonchev–Trinajstić information content (AvgIpc) is 2.62. The summed E-state index contributed by atoms with van der Waals surface area (Å²) in [7, 11) is -1.92. The molecule has 0 bridgehead atoms. The van der Waals surface area contributed by atoms with Crippen LogP contribution in [0.2, 0.25) is 5.02 Å². The molecule has 6 nitrogen and oxygen atoms in total. The van der Waals surface area contributed by atoms with E-state index in [1.54, 1.807) is 55.5 Å². The van der Waals surface area contributed by atoms with Crippen molar-refractivity contribution in [1.82, 2.24) is 10.0 Å². The van der Waals surface area contributed by atoms with Crippen molar-refractivity contribution in [3.63, 3.8) is 0 Å². The molecule has 1 atom stereocenters. The van der Waals surface area contributed by atoms with Crippen LogP contribution in [0.3, 0.4) is 0 Å². The number of hydrogen-bond donors (Lipinski definition) is 2. The summed E-state index contributed by atoms with van der Waals surface area (Å²) in [4.78, 5) is 12.1. The van der Waals surface area contributed by atoms with Gasteiger partial charge in [0, 0.05) is 11.6 Å². The first kappa shape index (κ1) is 20.2. The lowest BCUT2D eigenvalue weighted by Crippen LogP contribution is -2.35. The fourth-order valence-corrected chi connectivity index (χ4v) is 3.05. The van der Waals surface area contributed by atoms with Gasteiger partial charge in [-0.25, -0.2) is 13.1 Å². The van der Waals surface area contributed by atoms with Crippen molar-refractivity contribution in [3.8, 4) is 5.75 Å². The van der Waals surface area contributed by atoms with Gasteiger partial charge in [0.1, 0.15) is 5.75 Å². The summed E-state index contributed by atoms with van der Waals surface area (Å²) in [5.41, 5.74) is 1.54. The van der Waals surface area contributed by atoms with Crippen LogP contribution in [0.15, 0.2) is 48.5 Å². The SMILES string of the molecule is CNS(=O)(=O)Cc1ccc(CNC(=O)[C@@H](C)Oc2ccc(Cl)cc2)cc1. The Morgan fingerprint density at radius 2 is 1.65 bits per heavy atom. The van der Waals surface area contributed by atoms with E-state index in [1.165, 1.54) is 7.05 Å². The lowest BCUT2D eigenvalue weighted by molar-refractivity contribution is -0.127. The summed E-state index contributed by atoms with van der Waals surface area (Å²) in [5, 5.41) is 3.39. The average molecular weight is 397 g/mol. The van der Waals surface area contributed by atoms with E-state index in [0.717, 1.165) is 5.56 Å². The van der Waals surface area contributed by atoms with E-state index in [1.807, 2.05) is 0 Å². The van der Waals surface area contributed by atoms with Crippen molar-refractivity contribution in [2.75, 3.05) is 7.05 Å². The van der Waals surface area contributed by atoms with Crippen LogP contribution < -0.4 is 14.8 Å². The molecule has 2 aromatic carbocycles. The fraction of sp³-hybridized carbons (Fsp3) is 0.278. The molecule has 0 saturated heterocycles. The van der Waals surface area contributed by atoms with Crippen molar-refractivity contribution in [2.45, 2.75) is 25.3 Å².